The molecule has 4 nitrogen and oxygen atoms in total. The summed E-state index contributed by atoms with van der Waals surface area (Å²) in [7, 11) is 0. The summed E-state index contributed by atoms with van der Waals surface area (Å²) < 4.78 is 0. The number of carbonyl (C=O) groups excluding carboxylic acids is 1. The highest BCUT2D eigenvalue weighted by atomic mass is 16.4. The zero-order valence-corrected chi connectivity index (χ0v) is 11.8. The Morgan fingerprint density at radius 2 is 1.58 bits per heavy atom. The Hall–Kier alpha value is -1.06. The number of carboxylic acids is 1. The predicted molar refractivity (Wildman–Crippen MR) is 72.7 cm³/mol. The van der Waals surface area contributed by atoms with Gasteiger partial charge in [-0.15, -0.1) is 0 Å². The van der Waals surface area contributed by atoms with Crippen molar-refractivity contribution in [3.63, 3.8) is 0 Å². The number of hydrogen-bond acceptors (Lipinski definition) is 2. The van der Waals surface area contributed by atoms with Crippen LogP contribution in [0.5, 0.6) is 0 Å². The fourth-order valence-electron chi connectivity index (χ4n) is 3.38. The largest absolute Gasteiger partial charge is 0.481 e. The van der Waals surface area contributed by atoms with Gasteiger partial charge in [0.2, 0.25) is 5.91 Å². The molecular weight excluding hydrogens is 242 g/mol. The minimum Gasteiger partial charge on any atom is -0.481 e. The lowest BCUT2D eigenvalue weighted by Gasteiger charge is -2.38. The first kappa shape index (κ1) is 14.4. The van der Waals surface area contributed by atoms with E-state index in [-0.39, 0.29) is 23.8 Å². The van der Waals surface area contributed by atoms with E-state index in [0.717, 1.165) is 32.1 Å². The molecule has 108 valence electrons. The molecule has 0 radical (unpaired) electrons. The molecule has 2 aliphatic rings. The first-order chi connectivity index (χ1) is 9.09. The van der Waals surface area contributed by atoms with Gasteiger partial charge in [0, 0.05) is 18.5 Å². The number of nitrogens with zero attached hydrogens (tertiary/aromatic N) is 1. The van der Waals surface area contributed by atoms with E-state index < -0.39 is 5.97 Å². The van der Waals surface area contributed by atoms with Crippen LogP contribution in [0.3, 0.4) is 0 Å². The molecule has 1 aliphatic carbocycles. The monoisotopic (exact) mass is 267 g/mol. The minimum atomic E-state index is -0.759. The van der Waals surface area contributed by atoms with E-state index in [1.807, 2.05) is 11.8 Å². The molecule has 2 unspecified atom stereocenters. The molecule has 0 spiro atoms. The first-order valence-electron chi connectivity index (χ1n) is 7.63. The van der Waals surface area contributed by atoms with Gasteiger partial charge in [0.15, 0.2) is 0 Å². The SMILES string of the molecule is CC1CCC(C(=O)O)CN1C(=O)C1CCCCCC1. The summed E-state index contributed by atoms with van der Waals surface area (Å²) in [6, 6.07) is 0.200. The van der Waals surface area contributed by atoms with Crippen molar-refractivity contribution in [2.75, 3.05) is 6.54 Å². The number of carbonyl (C=O) groups is 2. The standard InChI is InChI=1S/C15H25NO3/c1-11-8-9-13(15(18)19)10-16(11)14(17)12-6-4-2-3-5-7-12/h11-13H,2-10H2,1H3,(H,18,19). The molecule has 1 saturated heterocycles. The zero-order chi connectivity index (χ0) is 13.8. The molecule has 19 heavy (non-hydrogen) atoms. The van der Waals surface area contributed by atoms with Gasteiger partial charge in [-0.25, -0.2) is 0 Å². The van der Waals surface area contributed by atoms with E-state index in [1.165, 1.54) is 12.8 Å². The Morgan fingerprint density at radius 1 is 0.947 bits per heavy atom. The first-order valence-corrected chi connectivity index (χ1v) is 7.63. The van der Waals surface area contributed by atoms with E-state index >= 15 is 0 Å². The second-order valence-electron chi connectivity index (χ2n) is 6.14. The van der Waals surface area contributed by atoms with Gasteiger partial charge in [0.05, 0.1) is 5.92 Å². The molecule has 2 fully saturated rings. The summed E-state index contributed by atoms with van der Waals surface area (Å²) in [6.07, 6.45) is 8.23. The number of carboxylic acid groups (broad SMARTS) is 1. The molecule has 0 bridgehead atoms. The van der Waals surface area contributed by atoms with Crippen LogP contribution in [0.25, 0.3) is 0 Å². The highest BCUT2D eigenvalue weighted by Crippen LogP contribution is 2.29. The molecule has 1 N–H and O–H groups in total. The van der Waals surface area contributed by atoms with Crippen LogP contribution in [0.4, 0.5) is 0 Å². The number of aliphatic carboxylic acids is 1. The van der Waals surface area contributed by atoms with E-state index in [0.29, 0.717) is 13.0 Å². The molecular formula is C15H25NO3. The van der Waals surface area contributed by atoms with Gasteiger partial charge in [-0.05, 0) is 32.6 Å². The van der Waals surface area contributed by atoms with Gasteiger partial charge in [-0.3, -0.25) is 9.59 Å². The highest BCUT2D eigenvalue weighted by Gasteiger charge is 2.35. The van der Waals surface area contributed by atoms with Gasteiger partial charge in [0.1, 0.15) is 0 Å². The van der Waals surface area contributed by atoms with Crippen LogP contribution in [0.1, 0.15) is 58.3 Å². The third kappa shape index (κ3) is 3.48. The fraction of sp³-hybridized carbons (Fsp3) is 0.867. The van der Waals surface area contributed by atoms with Crippen molar-refractivity contribution in [1.82, 2.24) is 4.90 Å². The summed E-state index contributed by atoms with van der Waals surface area (Å²) in [5.74, 6) is -0.783. The minimum absolute atomic E-state index is 0.137. The van der Waals surface area contributed by atoms with Crippen molar-refractivity contribution >= 4 is 11.9 Å². The Balaban J connectivity index is 2.00. The van der Waals surface area contributed by atoms with E-state index in [2.05, 4.69) is 0 Å². The maximum Gasteiger partial charge on any atom is 0.308 e. The third-order valence-corrected chi connectivity index (χ3v) is 4.72. The molecule has 0 aromatic rings. The highest BCUT2D eigenvalue weighted by molar-refractivity contribution is 5.80. The van der Waals surface area contributed by atoms with Crippen molar-refractivity contribution in [3.8, 4) is 0 Å². The maximum atomic E-state index is 12.6. The average Bonchev–Trinajstić information content (AvgIpc) is 2.67. The second-order valence-corrected chi connectivity index (χ2v) is 6.14. The summed E-state index contributed by atoms with van der Waals surface area (Å²) in [5.41, 5.74) is 0. The van der Waals surface area contributed by atoms with E-state index in [9.17, 15) is 9.59 Å². The lowest BCUT2D eigenvalue weighted by Crippen LogP contribution is -2.49. The molecule has 1 aliphatic heterocycles. The van der Waals surface area contributed by atoms with E-state index in [1.54, 1.807) is 0 Å². The average molecular weight is 267 g/mol. The fourth-order valence-corrected chi connectivity index (χ4v) is 3.38. The number of piperidine rings is 1. The molecule has 2 rings (SSSR count). The Morgan fingerprint density at radius 3 is 2.16 bits per heavy atom. The molecule has 0 aromatic heterocycles. The Kier molecular flexibility index (Phi) is 4.83. The van der Waals surface area contributed by atoms with Crippen LogP contribution < -0.4 is 0 Å². The van der Waals surface area contributed by atoms with Crippen molar-refractivity contribution in [3.05, 3.63) is 0 Å². The molecule has 1 amide bonds. The van der Waals surface area contributed by atoms with Crippen LogP contribution >= 0.6 is 0 Å². The van der Waals surface area contributed by atoms with Crippen LogP contribution in [-0.4, -0.2) is 34.5 Å². The van der Waals surface area contributed by atoms with Crippen LogP contribution in [-0.2, 0) is 9.59 Å². The van der Waals surface area contributed by atoms with Gasteiger partial charge in [0.25, 0.3) is 0 Å². The quantitative estimate of drug-likeness (QED) is 0.783. The molecule has 1 saturated carbocycles. The number of rotatable bonds is 2. The van der Waals surface area contributed by atoms with Crippen molar-refractivity contribution in [1.29, 1.82) is 0 Å². The van der Waals surface area contributed by atoms with Crippen molar-refractivity contribution in [2.24, 2.45) is 11.8 Å². The Labute approximate surface area is 115 Å². The molecule has 2 atom stereocenters. The topological polar surface area (TPSA) is 57.6 Å². The summed E-state index contributed by atoms with van der Waals surface area (Å²) in [4.78, 5) is 25.6. The van der Waals surface area contributed by atoms with Crippen molar-refractivity contribution < 1.29 is 14.7 Å². The number of amides is 1. The molecule has 0 aromatic carbocycles. The summed E-state index contributed by atoms with van der Waals surface area (Å²) >= 11 is 0. The summed E-state index contributed by atoms with van der Waals surface area (Å²) in [6.45, 7) is 2.46. The lowest BCUT2D eigenvalue weighted by molar-refractivity contribution is -0.148. The predicted octanol–water partition coefficient (Wildman–Crippen LogP) is 2.67. The van der Waals surface area contributed by atoms with Gasteiger partial charge in [-0.1, -0.05) is 25.7 Å². The van der Waals surface area contributed by atoms with Gasteiger partial charge >= 0.3 is 5.97 Å². The maximum absolute atomic E-state index is 12.6. The van der Waals surface area contributed by atoms with Crippen LogP contribution in [0.15, 0.2) is 0 Å². The number of hydrogen-bond donors (Lipinski definition) is 1. The normalized spacial score (nSPS) is 29.8. The van der Waals surface area contributed by atoms with Crippen molar-refractivity contribution in [2.45, 2.75) is 64.3 Å². The van der Waals surface area contributed by atoms with Crippen LogP contribution in [0, 0.1) is 11.8 Å². The Bertz CT molecular complexity index is 334. The van der Waals surface area contributed by atoms with Gasteiger partial charge < -0.3 is 10.0 Å². The second kappa shape index (κ2) is 6.40. The summed E-state index contributed by atoms with van der Waals surface area (Å²) in [5, 5.41) is 9.14. The van der Waals surface area contributed by atoms with Gasteiger partial charge in [-0.2, -0.15) is 0 Å². The van der Waals surface area contributed by atoms with E-state index in [4.69, 9.17) is 5.11 Å². The third-order valence-electron chi connectivity index (χ3n) is 4.72. The van der Waals surface area contributed by atoms with Crippen LogP contribution in [0.2, 0.25) is 0 Å². The lowest BCUT2D eigenvalue weighted by atomic mass is 9.90. The molecule has 1 heterocycles. The smallest absolute Gasteiger partial charge is 0.308 e. The molecule has 4 heteroatoms. The zero-order valence-electron chi connectivity index (χ0n) is 11.8. The number of likely N-dealkylation sites (tertiary alicyclic amines) is 1.